The lowest BCUT2D eigenvalue weighted by Crippen LogP contribution is -2.30. The van der Waals surface area contributed by atoms with E-state index in [9.17, 15) is 14.4 Å². The van der Waals surface area contributed by atoms with Gasteiger partial charge in [-0.05, 0) is 122 Å². The fourth-order valence-electron chi connectivity index (χ4n) is 8.97. The quantitative estimate of drug-likeness (QED) is 0.0261. The van der Waals surface area contributed by atoms with Crippen LogP contribution in [0.3, 0.4) is 0 Å². The highest BCUT2D eigenvalue weighted by molar-refractivity contribution is 5.71. The number of allylic oxidation sites excluding steroid dienone is 20. The van der Waals surface area contributed by atoms with E-state index >= 15 is 0 Å². The zero-order valence-corrected chi connectivity index (χ0v) is 51.6. The molecule has 79 heavy (non-hydrogen) atoms. The molecule has 0 rings (SSSR count). The minimum absolute atomic E-state index is 0.105. The van der Waals surface area contributed by atoms with Crippen LogP contribution >= 0.6 is 0 Å². The number of carbonyl (C=O) groups excluding carboxylic acids is 3. The van der Waals surface area contributed by atoms with Crippen molar-refractivity contribution in [2.45, 2.75) is 309 Å². The Morgan fingerprint density at radius 1 is 0.266 bits per heavy atom. The van der Waals surface area contributed by atoms with Crippen LogP contribution in [-0.2, 0) is 28.6 Å². The Bertz CT molecular complexity index is 1640. The monoisotopic (exact) mass is 1090 g/mol. The second kappa shape index (κ2) is 66.3. The van der Waals surface area contributed by atoms with Gasteiger partial charge in [-0.3, -0.25) is 14.4 Å². The topological polar surface area (TPSA) is 78.9 Å². The van der Waals surface area contributed by atoms with Crippen molar-refractivity contribution < 1.29 is 28.6 Å². The van der Waals surface area contributed by atoms with Gasteiger partial charge >= 0.3 is 17.9 Å². The predicted octanol–water partition coefficient (Wildman–Crippen LogP) is 22.8. The second-order valence-electron chi connectivity index (χ2n) is 21.6. The minimum atomic E-state index is -0.815. The van der Waals surface area contributed by atoms with E-state index in [1.54, 1.807) is 0 Å². The lowest BCUT2D eigenvalue weighted by Gasteiger charge is -2.18. The van der Waals surface area contributed by atoms with Gasteiger partial charge in [-0.2, -0.15) is 0 Å². The van der Waals surface area contributed by atoms with Crippen molar-refractivity contribution >= 4 is 17.9 Å². The Morgan fingerprint density at radius 3 is 0.861 bits per heavy atom. The molecule has 0 heterocycles. The van der Waals surface area contributed by atoms with Crippen LogP contribution in [-0.4, -0.2) is 37.2 Å². The number of rotatable bonds is 59. The molecule has 0 aromatic heterocycles. The Kier molecular flexibility index (Phi) is 62.8. The first kappa shape index (κ1) is 74.8. The highest BCUT2D eigenvalue weighted by Crippen LogP contribution is 2.16. The van der Waals surface area contributed by atoms with E-state index in [1.807, 2.05) is 0 Å². The molecule has 0 amide bonds. The van der Waals surface area contributed by atoms with Crippen LogP contribution in [0.1, 0.15) is 303 Å². The number of ether oxygens (including phenoxy) is 3. The number of carbonyl (C=O) groups is 3. The summed E-state index contributed by atoms with van der Waals surface area (Å²) in [6.45, 7) is 6.44. The van der Waals surface area contributed by atoms with Gasteiger partial charge in [-0.25, -0.2) is 0 Å². The summed E-state index contributed by atoms with van der Waals surface area (Å²) in [5.41, 5.74) is 0. The average Bonchev–Trinajstić information content (AvgIpc) is 3.45. The normalized spacial score (nSPS) is 12.9. The molecule has 0 aliphatic rings. The van der Waals surface area contributed by atoms with E-state index in [0.717, 1.165) is 109 Å². The Hall–Kier alpha value is -4.19. The van der Waals surface area contributed by atoms with E-state index in [2.05, 4.69) is 142 Å². The van der Waals surface area contributed by atoms with Crippen molar-refractivity contribution in [2.75, 3.05) is 13.2 Å². The largest absolute Gasteiger partial charge is 0.462 e. The van der Waals surface area contributed by atoms with Crippen LogP contribution in [0.4, 0.5) is 0 Å². The summed E-state index contributed by atoms with van der Waals surface area (Å²) in [6, 6.07) is 0. The Morgan fingerprint density at radius 2 is 0.519 bits per heavy atom. The molecular formula is C73H122O6. The summed E-state index contributed by atoms with van der Waals surface area (Å²) in [6.07, 6.45) is 92.3. The molecule has 0 N–H and O–H groups in total. The molecule has 0 saturated carbocycles. The van der Waals surface area contributed by atoms with Gasteiger partial charge in [-0.1, -0.05) is 284 Å². The third kappa shape index (κ3) is 64.5. The minimum Gasteiger partial charge on any atom is -0.462 e. The number of hydrogen-bond donors (Lipinski definition) is 0. The second-order valence-corrected chi connectivity index (χ2v) is 21.6. The smallest absolute Gasteiger partial charge is 0.306 e. The molecule has 6 nitrogen and oxygen atoms in total. The van der Waals surface area contributed by atoms with E-state index in [1.165, 1.54) is 148 Å². The molecule has 1 atom stereocenters. The highest BCUT2D eigenvalue weighted by atomic mass is 16.6. The van der Waals surface area contributed by atoms with E-state index < -0.39 is 6.10 Å². The molecule has 0 spiro atoms. The van der Waals surface area contributed by atoms with Gasteiger partial charge in [0, 0.05) is 19.3 Å². The maximum Gasteiger partial charge on any atom is 0.306 e. The first-order chi connectivity index (χ1) is 39.0. The molecule has 0 saturated heterocycles. The van der Waals surface area contributed by atoms with Crippen LogP contribution in [0.25, 0.3) is 0 Å². The summed E-state index contributed by atoms with van der Waals surface area (Å²) in [5, 5.41) is 0. The van der Waals surface area contributed by atoms with Crippen LogP contribution in [0.2, 0.25) is 0 Å². The summed E-state index contributed by atoms with van der Waals surface area (Å²) in [7, 11) is 0. The first-order valence-electron chi connectivity index (χ1n) is 33.0. The van der Waals surface area contributed by atoms with Crippen molar-refractivity contribution in [3.63, 3.8) is 0 Å². The van der Waals surface area contributed by atoms with Gasteiger partial charge in [0.05, 0.1) is 0 Å². The van der Waals surface area contributed by atoms with Gasteiger partial charge in [0.1, 0.15) is 13.2 Å². The molecular weight excluding hydrogens is 973 g/mol. The standard InChI is InChI=1S/C73H122O6/c1-4-7-10-13-16-19-22-24-26-28-30-32-34-35-36-37-39-40-42-44-46-48-51-54-57-60-63-66-72(75)78-69-70(68-77-71(74)65-62-59-56-53-50-21-18-15-12-9-6-3)79-73(76)67-64-61-58-55-52-49-47-45-43-41-38-33-31-29-27-25-23-20-17-14-11-8-5-2/h8,11,15,17-18,20,22,24-25,27-28,30-31,33,41,43,47,49,55,58,70H,4-7,9-10,12-14,16,19,21,23,26,29,32,34-40,42,44-46,48,50-54,56-57,59-69H2,1-3H3/b11-8-,18-15-,20-17-,24-22-,27-25-,30-28-,33-31-,43-41-,49-47-,58-55-. The lowest BCUT2D eigenvalue weighted by molar-refractivity contribution is -0.167. The van der Waals surface area contributed by atoms with Crippen LogP contribution < -0.4 is 0 Å². The average molecular weight is 1100 g/mol. The van der Waals surface area contributed by atoms with Gasteiger partial charge in [0.2, 0.25) is 0 Å². The van der Waals surface area contributed by atoms with Gasteiger partial charge in [0.25, 0.3) is 0 Å². The van der Waals surface area contributed by atoms with Crippen molar-refractivity contribution in [2.24, 2.45) is 0 Å². The van der Waals surface area contributed by atoms with E-state index in [-0.39, 0.29) is 37.5 Å². The number of hydrogen-bond acceptors (Lipinski definition) is 6. The maximum absolute atomic E-state index is 12.9. The first-order valence-corrected chi connectivity index (χ1v) is 33.0. The van der Waals surface area contributed by atoms with Gasteiger partial charge in [-0.15, -0.1) is 0 Å². The highest BCUT2D eigenvalue weighted by Gasteiger charge is 2.19. The fraction of sp³-hybridized carbons (Fsp3) is 0.685. The van der Waals surface area contributed by atoms with Gasteiger partial charge in [0.15, 0.2) is 6.10 Å². The third-order valence-corrected chi connectivity index (χ3v) is 13.9. The summed E-state index contributed by atoms with van der Waals surface area (Å²) >= 11 is 0. The van der Waals surface area contributed by atoms with E-state index in [0.29, 0.717) is 19.3 Å². The molecule has 0 fully saturated rings. The molecule has 0 aliphatic heterocycles. The SMILES string of the molecule is CC/C=C\C/C=C\C/C=C\C/C=C\C/C=C\C/C=C\C/C=C\CCCC(=O)OC(COC(=O)CCCCCCC/C=C\CCCC)COC(=O)CCCCCCCCCCCCCCCCC/C=C\C/C=C\CCCCCCC. The molecule has 450 valence electrons. The fourth-order valence-corrected chi connectivity index (χ4v) is 8.97. The van der Waals surface area contributed by atoms with E-state index in [4.69, 9.17) is 14.2 Å². The summed E-state index contributed by atoms with van der Waals surface area (Å²) in [5.74, 6) is -0.971. The van der Waals surface area contributed by atoms with Crippen molar-refractivity contribution in [1.82, 2.24) is 0 Å². The molecule has 1 unspecified atom stereocenters. The number of esters is 3. The molecule has 0 aromatic rings. The van der Waals surface area contributed by atoms with Gasteiger partial charge < -0.3 is 14.2 Å². The van der Waals surface area contributed by atoms with Crippen LogP contribution in [0.15, 0.2) is 122 Å². The molecule has 0 bridgehead atoms. The maximum atomic E-state index is 12.9. The molecule has 6 heteroatoms. The third-order valence-electron chi connectivity index (χ3n) is 13.9. The molecule has 0 aromatic carbocycles. The van der Waals surface area contributed by atoms with Crippen molar-refractivity contribution in [1.29, 1.82) is 0 Å². The van der Waals surface area contributed by atoms with Crippen LogP contribution in [0, 0.1) is 0 Å². The predicted molar refractivity (Wildman–Crippen MR) is 343 cm³/mol. The molecule has 0 aliphatic carbocycles. The number of unbranched alkanes of at least 4 members (excludes halogenated alkanes) is 28. The van der Waals surface area contributed by atoms with Crippen molar-refractivity contribution in [3.05, 3.63) is 122 Å². The lowest BCUT2D eigenvalue weighted by atomic mass is 10.0. The zero-order valence-electron chi connectivity index (χ0n) is 51.6. The Labute approximate surface area is 488 Å². The Balaban J connectivity index is 4.34. The summed E-state index contributed by atoms with van der Waals surface area (Å²) in [4.78, 5) is 38.3. The molecule has 0 radical (unpaired) electrons. The van der Waals surface area contributed by atoms with Crippen molar-refractivity contribution in [3.8, 4) is 0 Å². The zero-order chi connectivity index (χ0) is 57.1. The summed E-state index contributed by atoms with van der Waals surface area (Å²) < 4.78 is 16.9. The van der Waals surface area contributed by atoms with Crippen LogP contribution in [0.5, 0.6) is 0 Å².